The van der Waals surface area contributed by atoms with Crippen molar-refractivity contribution in [2.75, 3.05) is 4.90 Å². The number of carbonyl (C=O) groups is 3. The van der Waals surface area contributed by atoms with Crippen LogP contribution >= 0.6 is 0 Å². The summed E-state index contributed by atoms with van der Waals surface area (Å²) >= 11 is 0. The number of anilines is 1. The van der Waals surface area contributed by atoms with Crippen LogP contribution in [0.5, 0.6) is 0 Å². The largest absolute Gasteiger partial charge is 0.335 e. The van der Waals surface area contributed by atoms with E-state index in [2.05, 4.69) is 43.4 Å². The smallest absolute Gasteiger partial charge is 0.273 e. The van der Waals surface area contributed by atoms with Crippen LogP contribution in [0.4, 0.5) is 10.5 Å². The number of imide groups is 2. The number of rotatable bonds is 4. The molecule has 4 saturated carbocycles. The molecular formula is C34H36N4O3. The minimum atomic E-state index is -0.723. The van der Waals surface area contributed by atoms with Crippen molar-refractivity contribution in [2.45, 2.75) is 71.6 Å². The Morgan fingerprint density at radius 3 is 2.05 bits per heavy atom. The van der Waals surface area contributed by atoms with Crippen molar-refractivity contribution in [1.82, 2.24) is 15.1 Å². The van der Waals surface area contributed by atoms with Crippen molar-refractivity contribution in [3.63, 3.8) is 0 Å². The summed E-state index contributed by atoms with van der Waals surface area (Å²) in [5.41, 5.74) is 7.38. The first-order chi connectivity index (χ1) is 19.6. The molecule has 1 saturated heterocycles. The highest BCUT2D eigenvalue weighted by Gasteiger charge is 2.51. The highest BCUT2D eigenvalue weighted by Crippen LogP contribution is 2.60. The Balaban J connectivity index is 1.19. The molecule has 0 atom stereocenters. The van der Waals surface area contributed by atoms with Crippen LogP contribution in [-0.2, 0) is 15.0 Å². The molecule has 1 N–H and O–H groups in total. The van der Waals surface area contributed by atoms with E-state index in [1.165, 1.54) is 49.7 Å². The van der Waals surface area contributed by atoms with Crippen molar-refractivity contribution in [2.24, 2.45) is 17.8 Å². The van der Waals surface area contributed by atoms with E-state index in [4.69, 9.17) is 5.10 Å². The Morgan fingerprint density at radius 1 is 0.829 bits per heavy atom. The van der Waals surface area contributed by atoms with Crippen LogP contribution in [0.15, 0.2) is 48.0 Å². The van der Waals surface area contributed by atoms with Gasteiger partial charge in [-0.15, -0.1) is 0 Å². The van der Waals surface area contributed by atoms with Gasteiger partial charge in [-0.25, -0.2) is 14.4 Å². The number of nitrogens with zero attached hydrogens (tertiary/aromatic N) is 3. The first-order valence-electron chi connectivity index (χ1n) is 14.8. The first kappa shape index (κ1) is 25.9. The standard InChI is InChI=1S/C34H36N4O3/c1-19-5-8-28(11-20(19)2)38-22(4)29(21(3)36-38)15-30-31(39)35-33(41)37(32(30)40)27-9-6-26(7-10-27)34-16-23-12-24(17-34)14-25(13-23)18-34/h5-11,15,23-25H,12-14,16-18H2,1-4H3,(H,35,39,41)/b30-15+. The molecule has 7 heteroatoms. The maximum absolute atomic E-state index is 13.7. The fraction of sp³-hybridized carbons (Fsp3) is 0.412. The maximum Gasteiger partial charge on any atom is 0.335 e. The number of hydrogen-bond donors (Lipinski definition) is 1. The number of carbonyl (C=O) groups excluding carboxylic acids is 3. The summed E-state index contributed by atoms with van der Waals surface area (Å²) in [7, 11) is 0. The second kappa shape index (κ2) is 9.26. The fourth-order valence-electron chi connectivity index (χ4n) is 8.44. The van der Waals surface area contributed by atoms with Crippen molar-refractivity contribution >= 4 is 29.6 Å². The molecule has 0 unspecified atom stereocenters. The van der Waals surface area contributed by atoms with Gasteiger partial charge >= 0.3 is 6.03 Å². The molecule has 210 valence electrons. The molecule has 1 aromatic heterocycles. The third kappa shape index (κ3) is 4.16. The van der Waals surface area contributed by atoms with Gasteiger partial charge in [-0.05, 0) is 136 Å². The molecule has 4 aliphatic carbocycles. The lowest BCUT2D eigenvalue weighted by Crippen LogP contribution is -2.54. The van der Waals surface area contributed by atoms with E-state index in [9.17, 15) is 14.4 Å². The number of aryl methyl sites for hydroxylation is 3. The van der Waals surface area contributed by atoms with Crippen LogP contribution in [0.3, 0.4) is 0 Å². The Morgan fingerprint density at radius 2 is 1.44 bits per heavy atom. The maximum atomic E-state index is 13.7. The van der Waals surface area contributed by atoms with Crippen LogP contribution in [0.1, 0.15) is 72.2 Å². The number of aromatic nitrogens is 2. The second-order valence-electron chi connectivity index (χ2n) is 13.0. The van der Waals surface area contributed by atoms with Gasteiger partial charge < -0.3 is 0 Å². The predicted octanol–water partition coefficient (Wildman–Crippen LogP) is 6.24. The van der Waals surface area contributed by atoms with E-state index in [0.717, 1.165) is 39.6 Å². The highest BCUT2D eigenvalue weighted by atomic mass is 16.2. The summed E-state index contributed by atoms with van der Waals surface area (Å²) in [6, 6.07) is 13.3. The number of benzene rings is 2. The van der Waals surface area contributed by atoms with Crippen LogP contribution in [0, 0.1) is 45.4 Å². The summed E-state index contributed by atoms with van der Waals surface area (Å²) in [6.07, 6.45) is 9.45. The third-order valence-electron chi connectivity index (χ3n) is 10.2. The topological polar surface area (TPSA) is 84.3 Å². The van der Waals surface area contributed by atoms with Crippen molar-refractivity contribution in [1.29, 1.82) is 0 Å². The number of urea groups is 1. The number of hydrogen-bond acceptors (Lipinski definition) is 4. The van der Waals surface area contributed by atoms with E-state index >= 15 is 0 Å². The van der Waals surface area contributed by atoms with Gasteiger partial charge in [-0.1, -0.05) is 18.2 Å². The summed E-state index contributed by atoms with van der Waals surface area (Å²) in [5, 5.41) is 7.07. The molecule has 5 fully saturated rings. The Hall–Kier alpha value is -4.00. The fourth-order valence-corrected chi connectivity index (χ4v) is 8.44. The number of barbiturate groups is 1. The molecule has 1 aliphatic heterocycles. The Labute approximate surface area is 240 Å². The van der Waals surface area contributed by atoms with Crippen molar-refractivity contribution in [3.05, 3.63) is 81.7 Å². The van der Waals surface area contributed by atoms with Crippen molar-refractivity contribution in [3.8, 4) is 5.69 Å². The summed E-state index contributed by atoms with van der Waals surface area (Å²) in [6.45, 7) is 7.89. The molecule has 7 nitrogen and oxygen atoms in total. The average Bonchev–Trinajstić information content (AvgIpc) is 3.20. The highest BCUT2D eigenvalue weighted by molar-refractivity contribution is 6.39. The lowest BCUT2D eigenvalue weighted by molar-refractivity contribution is -0.122. The third-order valence-corrected chi connectivity index (χ3v) is 10.2. The van der Waals surface area contributed by atoms with E-state index in [1.54, 1.807) is 6.08 Å². The molecule has 3 aromatic rings. The van der Waals surface area contributed by atoms with Crippen LogP contribution in [0.2, 0.25) is 0 Å². The zero-order valence-electron chi connectivity index (χ0n) is 24.2. The van der Waals surface area contributed by atoms with Crippen LogP contribution in [-0.4, -0.2) is 27.6 Å². The van der Waals surface area contributed by atoms with Gasteiger partial charge in [0.25, 0.3) is 11.8 Å². The minimum absolute atomic E-state index is 0.0828. The lowest BCUT2D eigenvalue weighted by atomic mass is 9.48. The van der Waals surface area contributed by atoms with Gasteiger partial charge in [0, 0.05) is 11.3 Å². The van der Waals surface area contributed by atoms with E-state index < -0.39 is 17.8 Å². The molecule has 0 radical (unpaired) electrons. The minimum Gasteiger partial charge on any atom is -0.273 e. The van der Waals surface area contributed by atoms with Gasteiger partial charge in [0.05, 0.1) is 17.1 Å². The molecule has 2 aromatic carbocycles. The summed E-state index contributed by atoms with van der Waals surface area (Å²) < 4.78 is 1.82. The summed E-state index contributed by atoms with van der Waals surface area (Å²) in [4.78, 5) is 40.6. The van der Waals surface area contributed by atoms with Crippen LogP contribution < -0.4 is 10.2 Å². The average molecular weight is 549 g/mol. The van der Waals surface area contributed by atoms with Gasteiger partial charge in [0.15, 0.2) is 0 Å². The first-order valence-corrected chi connectivity index (χ1v) is 14.8. The monoisotopic (exact) mass is 548 g/mol. The van der Waals surface area contributed by atoms with Crippen LogP contribution in [0.25, 0.3) is 11.8 Å². The van der Waals surface area contributed by atoms with Gasteiger partial charge in [-0.3, -0.25) is 14.9 Å². The molecule has 5 aliphatic rings. The second-order valence-corrected chi connectivity index (χ2v) is 13.0. The summed E-state index contributed by atoms with van der Waals surface area (Å²) in [5.74, 6) is 1.18. The van der Waals surface area contributed by atoms with Gasteiger partial charge in [0.1, 0.15) is 5.57 Å². The molecule has 41 heavy (non-hydrogen) atoms. The molecule has 4 amide bonds. The number of amides is 4. The van der Waals surface area contributed by atoms with E-state index in [0.29, 0.717) is 16.9 Å². The van der Waals surface area contributed by atoms with Gasteiger partial charge in [0.2, 0.25) is 0 Å². The lowest BCUT2D eigenvalue weighted by Gasteiger charge is -2.57. The van der Waals surface area contributed by atoms with E-state index in [-0.39, 0.29) is 11.0 Å². The van der Waals surface area contributed by atoms with Crippen molar-refractivity contribution < 1.29 is 14.4 Å². The van der Waals surface area contributed by atoms with E-state index in [1.807, 2.05) is 36.7 Å². The number of nitrogens with one attached hydrogen (secondary N) is 1. The molecule has 0 spiro atoms. The molecule has 4 bridgehead atoms. The zero-order chi connectivity index (χ0) is 28.6. The molecule has 2 heterocycles. The molecular weight excluding hydrogens is 512 g/mol. The quantitative estimate of drug-likeness (QED) is 0.309. The Kier molecular flexibility index (Phi) is 5.86. The normalized spacial score (nSPS) is 28.1. The Bertz CT molecular complexity index is 1610. The molecule has 8 rings (SSSR count). The SMILES string of the molecule is Cc1ccc(-n2nc(C)c(/C=C3\C(=O)NC(=O)N(c4ccc(C56CC7CC(CC(C7)C5)C6)cc4)C3=O)c2C)cc1C. The predicted molar refractivity (Wildman–Crippen MR) is 158 cm³/mol. The zero-order valence-corrected chi connectivity index (χ0v) is 24.2. The van der Waals surface area contributed by atoms with Gasteiger partial charge in [-0.2, -0.15) is 5.10 Å².